The second kappa shape index (κ2) is 6.55. The SMILES string of the molecule is CC1(C)OB(c2cnn(-c3ccc(Oc4ccccc4)cc3)c2)OC1(C)C. The third-order valence-electron chi connectivity index (χ3n) is 5.21. The summed E-state index contributed by atoms with van der Waals surface area (Å²) in [4.78, 5) is 0. The minimum absolute atomic E-state index is 0.365. The fraction of sp³-hybridized carbons (Fsp3) is 0.286. The Morgan fingerprint density at radius 2 is 1.44 bits per heavy atom. The number of ether oxygens (including phenoxy) is 1. The Kier molecular flexibility index (Phi) is 4.33. The van der Waals surface area contributed by atoms with Gasteiger partial charge in [-0.3, -0.25) is 0 Å². The maximum atomic E-state index is 6.09. The highest BCUT2D eigenvalue weighted by atomic mass is 16.7. The molecule has 0 atom stereocenters. The van der Waals surface area contributed by atoms with Gasteiger partial charge in [0.1, 0.15) is 11.5 Å². The Labute approximate surface area is 160 Å². The lowest BCUT2D eigenvalue weighted by molar-refractivity contribution is 0.00578. The van der Waals surface area contributed by atoms with Crippen molar-refractivity contribution in [3.8, 4) is 17.2 Å². The molecular weight excluding hydrogens is 339 g/mol. The number of hydrogen-bond acceptors (Lipinski definition) is 4. The standard InChI is InChI=1S/C21H23BN2O3/c1-20(2)21(3,4)27-22(26-20)16-14-23-24(15-16)17-10-12-19(13-11-17)25-18-8-6-5-7-9-18/h5-15H,1-4H3. The van der Waals surface area contributed by atoms with Crippen LogP contribution in [0.4, 0.5) is 0 Å². The van der Waals surface area contributed by atoms with Crippen molar-refractivity contribution in [2.45, 2.75) is 38.9 Å². The van der Waals surface area contributed by atoms with Crippen molar-refractivity contribution < 1.29 is 14.0 Å². The molecule has 1 aliphatic heterocycles. The van der Waals surface area contributed by atoms with Crippen LogP contribution in [0.1, 0.15) is 27.7 Å². The number of benzene rings is 2. The van der Waals surface area contributed by atoms with Crippen LogP contribution in [0.3, 0.4) is 0 Å². The van der Waals surface area contributed by atoms with E-state index in [2.05, 4.69) is 5.10 Å². The molecule has 2 aromatic carbocycles. The van der Waals surface area contributed by atoms with Gasteiger partial charge in [0.15, 0.2) is 0 Å². The zero-order valence-electron chi connectivity index (χ0n) is 16.0. The van der Waals surface area contributed by atoms with Gasteiger partial charge in [-0.2, -0.15) is 5.10 Å². The number of para-hydroxylation sites is 1. The predicted molar refractivity (Wildman–Crippen MR) is 106 cm³/mol. The van der Waals surface area contributed by atoms with E-state index in [9.17, 15) is 0 Å². The average Bonchev–Trinajstić information content (AvgIpc) is 3.19. The normalized spacial score (nSPS) is 17.9. The summed E-state index contributed by atoms with van der Waals surface area (Å²) in [5.74, 6) is 1.59. The maximum absolute atomic E-state index is 6.09. The fourth-order valence-electron chi connectivity index (χ4n) is 2.87. The lowest BCUT2D eigenvalue weighted by atomic mass is 9.82. The minimum atomic E-state index is -0.413. The summed E-state index contributed by atoms with van der Waals surface area (Å²) in [6.07, 6.45) is 3.73. The van der Waals surface area contributed by atoms with Gasteiger partial charge in [-0.25, -0.2) is 4.68 Å². The second-order valence-corrected chi connectivity index (χ2v) is 7.72. The minimum Gasteiger partial charge on any atom is -0.457 e. The number of hydrogen-bond donors (Lipinski definition) is 0. The van der Waals surface area contributed by atoms with Crippen LogP contribution in [0.5, 0.6) is 11.5 Å². The maximum Gasteiger partial charge on any atom is 0.498 e. The second-order valence-electron chi connectivity index (χ2n) is 7.72. The first-order chi connectivity index (χ1) is 12.8. The first kappa shape index (κ1) is 17.8. The first-order valence-electron chi connectivity index (χ1n) is 9.08. The van der Waals surface area contributed by atoms with E-state index in [0.29, 0.717) is 0 Å². The quantitative estimate of drug-likeness (QED) is 0.659. The molecule has 1 aliphatic rings. The molecule has 6 heteroatoms. The van der Waals surface area contributed by atoms with Gasteiger partial charge < -0.3 is 14.0 Å². The molecule has 1 fully saturated rings. The lowest BCUT2D eigenvalue weighted by Crippen LogP contribution is -2.41. The highest BCUT2D eigenvalue weighted by molar-refractivity contribution is 6.62. The van der Waals surface area contributed by atoms with Crippen molar-refractivity contribution in [3.05, 3.63) is 67.0 Å². The third kappa shape index (κ3) is 3.50. The molecule has 0 radical (unpaired) electrons. The Morgan fingerprint density at radius 3 is 2.07 bits per heavy atom. The van der Waals surface area contributed by atoms with Crippen molar-refractivity contribution >= 4 is 12.6 Å². The molecule has 0 aliphatic carbocycles. The Morgan fingerprint density at radius 1 is 0.852 bits per heavy atom. The smallest absolute Gasteiger partial charge is 0.457 e. The van der Waals surface area contributed by atoms with Crippen LogP contribution in [0.2, 0.25) is 0 Å². The van der Waals surface area contributed by atoms with Crippen LogP contribution in [-0.4, -0.2) is 28.1 Å². The van der Waals surface area contributed by atoms with Crippen molar-refractivity contribution in [2.24, 2.45) is 0 Å². The number of aromatic nitrogens is 2. The van der Waals surface area contributed by atoms with Gasteiger partial charge in [-0.05, 0) is 64.1 Å². The van der Waals surface area contributed by atoms with E-state index < -0.39 is 7.12 Å². The number of rotatable bonds is 4. The van der Waals surface area contributed by atoms with Gasteiger partial charge >= 0.3 is 7.12 Å². The molecular formula is C21H23BN2O3. The molecule has 5 nitrogen and oxygen atoms in total. The zero-order chi connectivity index (χ0) is 19.1. The van der Waals surface area contributed by atoms with Crippen LogP contribution in [0, 0.1) is 0 Å². The molecule has 0 N–H and O–H groups in total. The molecule has 0 saturated carbocycles. The van der Waals surface area contributed by atoms with Gasteiger partial charge in [-0.15, -0.1) is 0 Å². The van der Waals surface area contributed by atoms with Crippen LogP contribution in [-0.2, 0) is 9.31 Å². The Bertz CT molecular complexity index is 904. The van der Waals surface area contributed by atoms with E-state index >= 15 is 0 Å². The van der Waals surface area contributed by atoms with E-state index in [-0.39, 0.29) is 11.2 Å². The molecule has 1 aromatic heterocycles. The predicted octanol–water partition coefficient (Wildman–Crippen LogP) is 3.96. The third-order valence-corrected chi connectivity index (χ3v) is 5.21. The first-order valence-corrected chi connectivity index (χ1v) is 9.08. The average molecular weight is 362 g/mol. The van der Waals surface area contributed by atoms with Crippen LogP contribution in [0.15, 0.2) is 67.0 Å². The van der Waals surface area contributed by atoms with E-state index in [1.54, 1.807) is 6.20 Å². The summed E-state index contributed by atoms with van der Waals surface area (Å²) >= 11 is 0. The van der Waals surface area contributed by atoms with Crippen LogP contribution < -0.4 is 10.2 Å². The zero-order valence-corrected chi connectivity index (χ0v) is 16.0. The molecule has 0 unspecified atom stereocenters. The van der Waals surface area contributed by atoms with Gasteiger partial charge in [0.25, 0.3) is 0 Å². The summed E-state index contributed by atoms with van der Waals surface area (Å²) in [7, 11) is -0.413. The van der Waals surface area contributed by atoms with Crippen LogP contribution >= 0.6 is 0 Å². The lowest BCUT2D eigenvalue weighted by Gasteiger charge is -2.32. The largest absolute Gasteiger partial charge is 0.498 e. The summed E-state index contributed by atoms with van der Waals surface area (Å²) < 4.78 is 19.8. The number of nitrogens with zero attached hydrogens (tertiary/aromatic N) is 2. The molecule has 2 heterocycles. The molecule has 0 amide bonds. The highest BCUT2D eigenvalue weighted by Crippen LogP contribution is 2.36. The summed E-state index contributed by atoms with van der Waals surface area (Å²) in [6, 6.07) is 17.5. The van der Waals surface area contributed by atoms with Gasteiger partial charge in [-0.1, -0.05) is 18.2 Å². The molecule has 138 valence electrons. The van der Waals surface area contributed by atoms with E-state index in [1.807, 2.05) is 93.2 Å². The Hall–Kier alpha value is -2.57. The van der Waals surface area contributed by atoms with Gasteiger partial charge in [0.05, 0.1) is 16.9 Å². The van der Waals surface area contributed by atoms with Crippen molar-refractivity contribution in [1.29, 1.82) is 0 Å². The summed E-state index contributed by atoms with van der Waals surface area (Å²) in [5, 5.41) is 4.46. The molecule has 0 bridgehead atoms. The van der Waals surface area contributed by atoms with Crippen molar-refractivity contribution in [1.82, 2.24) is 9.78 Å². The molecule has 4 rings (SSSR count). The van der Waals surface area contributed by atoms with Crippen molar-refractivity contribution in [3.63, 3.8) is 0 Å². The molecule has 1 saturated heterocycles. The van der Waals surface area contributed by atoms with E-state index in [4.69, 9.17) is 14.0 Å². The Balaban J connectivity index is 1.49. The fourth-order valence-corrected chi connectivity index (χ4v) is 2.87. The van der Waals surface area contributed by atoms with Gasteiger partial charge in [0.2, 0.25) is 0 Å². The van der Waals surface area contributed by atoms with Crippen molar-refractivity contribution in [2.75, 3.05) is 0 Å². The summed E-state index contributed by atoms with van der Waals surface area (Å²) in [5.41, 5.74) is 1.11. The molecule has 0 spiro atoms. The van der Waals surface area contributed by atoms with E-state index in [0.717, 1.165) is 22.6 Å². The summed E-state index contributed by atoms with van der Waals surface area (Å²) in [6.45, 7) is 8.18. The molecule has 3 aromatic rings. The van der Waals surface area contributed by atoms with Crippen LogP contribution in [0.25, 0.3) is 5.69 Å². The topological polar surface area (TPSA) is 45.5 Å². The monoisotopic (exact) mass is 362 g/mol. The van der Waals surface area contributed by atoms with Gasteiger partial charge in [0, 0.05) is 17.9 Å². The molecule has 27 heavy (non-hydrogen) atoms. The van der Waals surface area contributed by atoms with E-state index in [1.165, 1.54) is 0 Å². The highest BCUT2D eigenvalue weighted by Gasteiger charge is 2.52.